The molecule has 0 aliphatic carbocycles. The summed E-state index contributed by atoms with van der Waals surface area (Å²) < 4.78 is 5.11. The highest BCUT2D eigenvalue weighted by Crippen LogP contribution is 2.23. The summed E-state index contributed by atoms with van der Waals surface area (Å²) in [5.41, 5.74) is 4.60. The number of benzene rings is 2. The highest BCUT2D eigenvalue weighted by Gasteiger charge is 2.08. The van der Waals surface area contributed by atoms with Crippen molar-refractivity contribution in [3.63, 3.8) is 0 Å². The Hall–Kier alpha value is -3.15. The van der Waals surface area contributed by atoms with Gasteiger partial charge in [-0.2, -0.15) is 0 Å². The molecule has 0 aliphatic rings. The third-order valence-corrected chi connectivity index (χ3v) is 4.90. The third-order valence-electron chi connectivity index (χ3n) is 4.90. The van der Waals surface area contributed by atoms with E-state index in [0.29, 0.717) is 18.7 Å². The molecule has 0 spiro atoms. The molecule has 4 N–H and O–H groups in total. The van der Waals surface area contributed by atoms with Crippen LogP contribution < -0.4 is 15.4 Å². The van der Waals surface area contributed by atoms with E-state index in [-0.39, 0.29) is 5.75 Å². The number of fused-ring (bicyclic) bond motifs is 1. The van der Waals surface area contributed by atoms with Crippen molar-refractivity contribution in [3.05, 3.63) is 59.3 Å². The molecule has 2 aromatic carbocycles. The van der Waals surface area contributed by atoms with Gasteiger partial charge in [0.25, 0.3) is 0 Å². The number of rotatable bonds is 7. The smallest absolute Gasteiger partial charge is 0.190 e. The Bertz CT molecular complexity index is 962. The number of nitrogens with zero attached hydrogens (tertiary/aromatic N) is 1. The molecule has 6 heteroatoms. The molecule has 3 rings (SSSR count). The molecule has 3 aromatic rings. The number of methoxy groups -OCH3 is 1. The first-order chi connectivity index (χ1) is 13.6. The van der Waals surface area contributed by atoms with E-state index in [1.54, 1.807) is 20.2 Å². The summed E-state index contributed by atoms with van der Waals surface area (Å²) >= 11 is 0. The molecular weight excluding hydrogens is 352 g/mol. The van der Waals surface area contributed by atoms with Gasteiger partial charge in [0.1, 0.15) is 11.5 Å². The number of phenolic OH excluding ortho intramolecular Hbond substituents is 1. The molecule has 0 fully saturated rings. The van der Waals surface area contributed by atoms with Crippen LogP contribution in [0.3, 0.4) is 0 Å². The van der Waals surface area contributed by atoms with E-state index in [4.69, 9.17) is 4.74 Å². The first-order valence-corrected chi connectivity index (χ1v) is 9.49. The summed E-state index contributed by atoms with van der Waals surface area (Å²) in [6, 6.07) is 13.7. The molecule has 6 nitrogen and oxygen atoms in total. The highest BCUT2D eigenvalue weighted by molar-refractivity contribution is 5.84. The van der Waals surface area contributed by atoms with E-state index < -0.39 is 0 Å². The van der Waals surface area contributed by atoms with E-state index in [2.05, 4.69) is 45.7 Å². The Labute approximate surface area is 165 Å². The van der Waals surface area contributed by atoms with Crippen LogP contribution in [-0.4, -0.2) is 43.3 Å². The lowest BCUT2D eigenvalue weighted by molar-refractivity contribution is 0.406. The van der Waals surface area contributed by atoms with E-state index in [1.165, 1.54) is 22.2 Å². The van der Waals surface area contributed by atoms with Gasteiger partial charge in [-0.1, -0.05) is 24.3 Å². The minimum atomic E-state index is 0.249. The topological polar surface area (TPSA) is 81.7 Å². The number of aryl methyl sites for hydroxylation is 1. The maximum absolute atomic E-state index is 10.0. The molecule has 0 radical (unpaired) electrons. The number of aromatic nitrogens is 1. The number of aliphatic imine (C=N–C) groups is 1. The van der Waals surface area contributed by atoms with Crippen LogP contribution in [0.5, 0.6) is 11.5 Å². The van der Waals surface area contributed by atoms with E-state index in [0.717, 1.165) is 24.5 Å². The van der Waals surface area contributed by atoms with E-state index in [1.807, 2.05) is 18.2 Å². The third kappa shape index (κ3) is 4.57. The summed E-state index contributed by atoms with van der Waals surface area (Å²) in [6.45, 7) is 3.57. The zero-order valence-corrected chi connectivity index (χ0v) is 16.7. The van der Waals surface area contributed by atoms with Crippen LogP contribution in [0.25, 0.3) is 10.9 Å². The summed E-state index contributed by atoms with van der Waals surface area (Å²) in [5.74, 6) is 1.66. The van der Waals surface area contributed by atoms with Gasteiger partial charge in [0.2, 0.25) is 0 Å². The molecule has 1 heterocycles. The van der Waals surface area contributed by atoms with Crippen LogP contribution in [0.2, 0.25) is 0 Å². The lowest BCUT2D eigenvalue weighted by atomic mass is 10.1. The van der Waals surface area contributed by atoms with Crippen molar-refractivity contribution in [2.24, 2.45) is 4.99 Å². The lowest BCUT2D eigenvalue weighted by Crippen LogP contribution is -2.39. The standard InChI is InChI=1S/C22H28N4O2/c1-15-18(19-6-4-5-7-20(19)26-15)11-13-25-22(23-2)24-12-10-16-8-9-17(28-3)14-21(16)27/h4-9,14,26-27H,10-13H2,1-3H3,(H2,23,24,25). The zero-order chi connectivity index (χ0) is 19.9. The van der Waals surface area contributed by atoms with Gasteiger partial charge in [0.15, 0.2) is 5.96 Å². The van der Waals surface area contributed by atoms with Crippen molar-refractivity contribution in [3.8, 4) is 11.5 Å². The van der Waals surface area contributed by atoms with E-state index >= 15 is 0 Å². The molecule has 28 heavy (non-hydrogen) atoms. The van der Waals surface area contributed by atoms with Crippen molar-refractivity contribution in [1.29, 1.82) is 0 Å². The number of aromatic amines is 1. The largest absolute Gasteiger partial charge is 0.508 e. The van der Waals surface area contributed by atoms with Crippen molar-refractivity contribution < 1.29 is 9.84 Å². The van der Waals surface area contributed by atoms with Gasteiger partial charge in [-0.15, -0.1) is 0 Å². The van der Waals surface area contributed by atoms with Crippen LogP contribution in [0.1, 0.15) is 16.8 Å². The van der Waals surface area contributed by atoms with Gasteiger partial charge in [0.05, 0.1) is 7.11 Å². The van der Waals surface area contributed by atoms with E-state index in [9.17, 15) is 5.11 Å². The second-order valence-electron chi connectivity index (χ2n) is 6.69. The highest BCUT2D eigenvalue weighted by atomic mass is 16.5. The summed E-state index contributed by atoms with van der Waals surface area (Å²) in [7, 11) is 3.35. The Balaban J connectivity index is 1.49. The number of ether oxygens (including phenoxy) is 1. The summed E-state index contributed by atoms with van der Waals surface area (Å²) in [6.07, 6.45) is 1.61. The first-order valence-electron chi connectivity index (χ1n) is 9.49. The maximum Gasteiger partial charge on any atom is 0.190 e. The minimum absolute atomic E-state index is 0.249. The van der Waals surface area contributed by atoms with Crippen LogP contribution in [0.15, 0.2) is 47.5 Å². The normalized spacial score (nSPS) is 11.6. The number of hydrogen-bond donors (Lipinski definition) is 4. The molecule has 0 atom stereocenters. The van der Waals surface area contributed by atoms with Crippen molar-refractivity contribution in [2.75, 3.05) is 27.2 Å². The van der Waals surface area contributed by atoms with Gasteiger partial charge in [-0.05, 0) is 43.0 Å². The van der Waals surface area contributed by atoms with Crippen LogP contribution in [-0.2, 0) is 12.8 Å². The average Bonchev–Trinajstić information content (AvgIpc) is 3.03. The number of hydrogen-bond acceptors (Lipinski definition) is 3. The number of H-pyrrole nitrogens is 1. The fourth-order valence-corrected chi connectivity index (χ4v) is 3.38. The Morgan fingerprint density at radius 1 is 1.11 bits per heavy atom. The molecule has 148 valence electrons. The molecule has 0 unspecified atom stereocenters. The fourth-order valence-electron chi connectivity index (χ4n) is 3.38. The van der Waals surface area contributed by atoms with Crippen molar-refractivity contribution in [2.45, 2.75) is 19.8 Å². The lowest BCUT2D eigenvalue weighted by Gasteiger charge is -2.13. The second-order valence-corrected chi connectivity index (χ2v) is 6.69. The monoisotopic (exact) mass is 380 g/mol. The van der Waals surface area contributed by atoms with Gasteiger partial charge >= 0.3 is 0 Å². The van der Waals surface area contributed by atoms with Gasteiger partial charge < -0.3 is 25.5 Å². The Morgan fingerprint density at radius 3 is 2.57 bits per heavy atom. The average molecular weight is 380 g/mol. The molecule has 0 amide bonds. The number of guanidine groups is 1. The first kappa shape index (κ1) is 19.6. The molecule has 0 bridgehead atoms. The van der Waals surface area contributed by atoms with Crippen molar-refractivity contribution in [1.82, 2.24) is 15.6 Å². The predicted molar refractivity (Wildman–Crippen MR) is 114 cm³/mol. The van der Waals surface area contributed by atoms with Crippen LogP contribution in [0, 0.1) is 6.92 Å². The molecule has 1 aromatic heterocycles. The Morgan fingerprint density at radius 2 is 1.86 bits per heavy atom. The number of nitrogens with one attached hydrogen (secondary N) is 3. The second kappa shape index (κ2) is 9.17. The molecular formula is C22H28N4O2. The predicted octanol–water partition coefficient (Wildman–Crippen LogP) is 3.14. The number of para-hydroxylation sites is 1. The van der Waals surface area contributed by atoms with Crippen molar-refractivity contribution >= 4 is 16.9 Å². The molecule has 0 saturated heterocycles. The SMILES string of the molecule is CN=C(NCCc1ccc(OC)cc1O)NCCc1c(C)[nH]c2ccccc12. The van der Waals surface area contributed by atoms with Gasteiger partial charge in [0, 0.05) is 42.8 Å². The quantitative estimate of drug-likeness (QED) is 0.375. The minimum Gasteiger partial charge on any atom is -0.508 e. The maximum atomic E-state index is 10.0. The van der Waals surface area contributed by atoms with Crippen LogP contribution in [0.4, 0.5) is 0 Å². The van der Waals surface area contributed by atoms with Gasteiger partial charge in [-0.25, -0.2) is 0 Å². The summed E-state index contributed by atoms with van der Waals surface area (Å²) in [5, 5.41) is 18.0. The molecule has 0 aliphatic heterocycles. The summed E-state index contributed by atoms with van der Waals surface area (Å²) in [4.78, 5) is 7.72. The number of aromatic hydroxyl groups is 1. The molecule has 0 saturated carbocycles. The fraction of sp³-hybridized carbons (Fsp3) is 0.318. The number of phenols is 1. The van der Waals surface area contributed by atoms with Crippen LogP contribution >= 0.6 is 0 Å². The van der Waals surface area contributed by atoms with Gasteiger partial charge in [-0.3, -0.25) is 4.99 Å². The Kier molecular flexibility index (Phi) is 6.42. The zero-order valence-electron chi connectivity index (χ0n) is 16.7.